The summed E-state index contributed by atoms with van der Waals surface area (Å²) in [6.45, 7) is 6.67. The second-order valence-corrected chi connectivity index (χ2v) is 12.7. The standard InChI is InChI=1S/C26H42N4O4S/c1-16(19-13-17-6-4-7-18(12-17)14-19)29-23(31)21-22(35-20-8-5-9-20)24(30-34-21)33-15-26(2,3)25(32)28-11-10-27/h16-20H,4-15,27H2,1-3H3,(H,28,32)(H,29,31). The Morgan fingerprint density at radius 2 is 1.86 bits per heavy atom. The zero-order valence-corrected chi connectivity index (χ0v) is 22.3. The molecule has 1 heterocycles. The van der Waals surface area contributed by atoms with E-state index in [1.54, 1.807) is 11.8 Å². The fourth-order valence-corrected chi connectivity index (χ4v) is 6.92. The lowest BCUT2D eigenvalue weighted by Crippen LogP contribution is -2.42. The average Bonchev–Trinajstić information content (AvgIpc) is 3.20. The van der Waals surface area contributed by atoms with Crippen molar-refractivity contribution >= 4 is 23.6 Å². The lowest BCUT2D eigenvalue weighted by Gasteiger charge is -2.41. The van der Waals surface area contributed by atoms with Crippen molar-refractivity contribution in [3.63, 3.8) is 0 Å². The Labute approximate surface area is 213 Å². The first-order valence-electron chi connectivity index (χ1n) is 13.3. The quantitative estimate of drug-likeness (QED) is 0.413. The van der Waals surface area contributed by atoms with Crippen molar-refractivity contribution < 1.29 is 18.8 Å². The molecule has 3 unspecified atom stereocenters. The van der Waals surface area contributed by atoms with Crippen LogP contribution in [0.4, 0.5) is 0 Å². The maximum absolute atomic E-state index is 13.3. The van der Waals surface area contributed by atoms with Gasteiger partial charge in [-0.2, -0.15) is 0 Å². The molecule has 0 radical (unpaired) electrons. The van der Waals surface area contributed by atoms with Crippen LogP contribution in [0, 0.1) is 23.2 Å². The lowest BCUT2D eigenvalue weighted by atomic mass is 9.66. The fourth-order valence-electron chi connectivity index (χ4n) is 5.58. The molecule has 3 aliphatic rings. The number of hydrogen-bond donors (Lipinski definition) is 3. The third kappa shape index (κ3) is 6.53. The van der Waals surface area contributed by atoms with Crippen LogP contribution < -0.4 is 21.1 Å². The van der Waals surface area contributed by atoms with Crippen molar-refractivity contribution in [2.24, 2.45) is 28.9 Å². The van der Waals surface area contributed by atoms with Crippen LogP contribution in [0.2, 0.25) is 0 Å². The van der Waals surface area contributed by atoms with Crippen LogP contribution in [-0.2, 0) is 4.79 Å². The van der Waals surface area contributed by atoms with Crippen LogP contribution in [0.5, 0.6) is 5.88 Å². The van der Waals surface area contributed by atoms with Crippen molar-refractivity contribution in [2.45, 2.75) is 94.7 Å². The molecule has 1 aromatic rings. The molecular formula is C26H42N4O4S. The average molecular weight is 507 g/mol. The van der Waals surface area contributed by atoms with Gasteiger partial charge in [0.15, 0.2) is 0 Å². The van der Waals surface area contributed by atoms with Gasteiger partial charge >= 0.3 is 0 Å². The number of amides is 2. The molecular weight excluding hydrogens is 464 g/mol. The predicted octanol–water partition coefficient (Wildman–Crippen LogP) is 4.13. The molecule has 4 N–H and O–H groups in total. The molecule has 1 aromatic heterocycles. The summed E-state index contributed by atoms with van der Waals surface area (Å²) in [7, 11) is 0. The first-order chi connectivity index (χ1) is 16.8. The van der Waals surface area contributed by atoms with Gasteiger partial charge in [0.1, 0.15) is 11.5 Å². The molecule has 3 atom stereocenters. The van der Waals surface area contributed by atoms with Gasteiger partial charge in [0.25, 0.3) is 11.8 Å². The van der Waals surface area contributed by atoms with Gasteiger partial charge in [-0.15, -0.1) is 11.8 Å². The number of thioether (sulfide) groups is 1. The van der Waals surface area contributed by atoms with Crippen molar-refractivity contribution in [1.82, 2.24) is 15.8 Å². The van der Waals surface area contributed by atoms with E-state index in [2.05, 4.69) is 22.7 Å². The molecule has 0 aliphatic heterocycles. The zero-order chi connectivity index (χ0) is 25.0. The molecule has 3 fully saturated rings. The summed E-state index contributed by atoms with van der Waals surface area (Å²) in [6.07, 6.45) is 11.2. The first kappa shape index (κ1) is 26.3. The summed E-state index contributed by atoms with van der Waals surface area (Å²) >= 11 is 1.61. The zero-order valence-electron chi connectivity index (χ0n) is 21.4. The maximum atomic E-state index is 13.3. The van der Waals surface area contributed by atoms with Gasteiger partial charge in [-0.25, -0.2) is 0 Å². The second-order valence-electron chi connectivity index (χ2n) is 11.4. The van der Waals surface area contributed by atoms with E-state index in [-0.39, 0.29) is 30.2 Å². The molecule has 0 spiro atoms. The number of aromatic nitrogens is 1. The predicted molar refractivity (Wildman–Crippen MR) is 136 cm³/mol. The van der Waals surface area contributed by atoms with E-state index in [0.717, 1.165) is 24.7 Å². The number of fused-ring (bicyclic) bond motifs is 2. The summed E-state index contributed by atoms with van der Waals surface area (Å²) in [4.78, 5) is 26.4. The lowest BCUT2D eigenvalue weighted by molar-refractivity contribution is -0.130. The Balaban J connectivity index is 1.42. The molecule has 9 heteroatoms. The Hall–Kier alpha value is -1.74. The smallest absolute Gasteiger partial charge is 0.291 e. The Morgan fingerprint density at radius 3 is 2.49 bits per heavy atom. The van der Waals surface area contributed by atoms with Crippen molar-refractivity contribution in [2.75, 3.05) is 19.7 Å². The third-order valence-electron chi connectivity index (χ3n) is 8.01. The summed E-state index contributed by atoms with van der Waals surface area (Å²) in [6, 6.07) is 0.0899. The molecule has 3 saturated carbocycles. The molecule has 0 aromatic carbocycles. The number of nitrogens with two attached hydrogens (primary N) is 1. The highest BCUT2D eigenvalue weighted by molar-refractivity contribution is 8.00. The molecule has 2 bridgehead atoms. The number of rotatable bonds is 11. The van der Waals surface area contributed by atoms with Gasteiger partial charge in [-0.05, 0) is 75.8 Å². The summed E-state index contributed by atoms with van der Waals surface area (Å²) in [5.74, 6) is 2.30. The fraction of sp³-hybridized carbons (Fsp3) is 0.808. The largest absolute Gasteiger partial charge is 0.474 e. The van der Waals surface area contributed by atoms with E-state index in [0.29, 0.717) is 35.0 Å². The van der Waals surface area contributed by atoms with Crippen LogP contribution in [0.1, 0.15) is 89.1 Å². The third-order valence-corrected chi connectivity index (χ3v) is 9.41. The summed E-state index contributed by atoms with van der Waals surface area (Å²) in [5.41, 5.74) is 4.72. The Bertz CT molecular complexity index is 873. The minimum atomic E-state index is -0.775. The van der Waals surface area contributed by atoms with E-state index >= 15 is 0 Å². The maximum Gasteiger partial charge on any atom is 0.291 e. The van der Waals surface area contributed by atoms with Crippen molar-refractivity contribution in [3.8, 4) is 5.88 Å². The Kier molecular flexibility index (Phi) is 8.68. The number of ether oxygens (including phenoxy) is 1. The minimum absolute atomic E-state index is 0.0899. The Morgan fingerprint density at radius 1 is 1.17 bits per heavy atom. The van der Waals surface area contributed by atoms with Gasteiger partial charge in [0.2, 0.25) is 11.7 Å². The number of carbonyl (C=O) groups excluding carboxylic acids is 2. The van der Waals surface area contributed by atoms with Gasteiger partial charge < -0.3 is 25.6 Å². The van der Waals surface area contributed by atoms with Crippen molar-refractivity contribution in [1.29, 1.82) is 0 Å². The molecule has 8 nitrogen and oxygen atoms in total. The minimum Gasteiger partial charge on any atom is -0.474 e. The molecule has 3 aliphatic carbocycles. The summed E-state index contributed by atoms with van der Waals surface area (Å²) in [5, 5.41) is 10.6. The van der Waals surface area contributed by atoms with Crippen molar-refractivity contribution in [3.05, 3.63) is 5.76 Å². The van der Waals surface area contributed by atoms with E-state index < -0.39 is 5.41 Å². The van der Waals surface area contributed by atoms with Gasteiger partial charge in [-0.3, -0.25) is 9.59 Å². The van der Waals surface area contributed by atoms with E-state index in [4.69, 9.17) is 15.0 Å². The molecule has 4 rings (SSSR count). The van der Waals surface area contributed by atoms with E-state index in [9.17, 15) is 9.59 Å². The van der Waals surface area contributed by atoms with E-state index in [1.807, 2.05) is 13.8 Å². The molecule has 2 amide bonds. The van der Waals surface area contributed by atoms with Crippen LogP contribution in [0.25, 0.3) is 0 Å². The van der Waals surface area contributed by atoms with Crippen LogP contribution in [0.15, 0.2) is 9.42 Å². The van der Waals surface area contributed by atoms with Gasteiger partial charge in [0.05, 0.1) is 5.41 Å². The number of carbonyl (C=O) groups is 2. The molecule has 0 saturated heterocycles. The monoisotopic (exact) mass is 506 g/mol. The highest BCUT2D eigenvalue weighted by atomic mass is 32.2. The normalized spacial score (nSPS) is 25.4. The number of nitrogens with one attached hydrogen (secondary N) is 2. The van der Waals surface area contributed by atoms with E-state index in [1.165, 1.54) is 44.9 Å². The molecule has 35 heavy (non-hydrogen) atoms. The van der Waals surface area contributed by atoms with Gasteiger partial charge in [-0.1, -0.05) is 25.7 Å². The SMILES string of the molecule is CC(NC(=O)c1onc(OCC(C)(C)C(=O)NCCN)c1SC1CCC1)C1CC2CCCC(C2)C1. The number of nitrogens with zero attached hydrogens (tertiary/aromatic N) is 1. The van der Waals surface area contributed by atoms with Crippen LogP contribution >= 0.6 is 11.8 Å². The topological polar surface area (TPSA) is 119 Å². The van der Waals surface area contributed by atoms with Crippen LogP contribution in [-0.4, -0.2) is 48.0 Å². The molecule has 196 valence electrons. The summed E-state index contributed by atoms with van der Waals surface area (Å²) < 4.78 is 11.5. The highest BCUT2D eigenvalue weighted by Gasteiger charge is 2.36. The number of hydrogen-bond acceptors (Lipinski definition) is 7. The first-order valence-corrected chi connectivity index (χ1v) is 14.2. The highest BCUT2D eigenvalue weighted by Crippen LogP contribution is 2.44. The van der Waals surface area contributed by atoms with Gasteiger partial charge in [0, 0.05) is 24.4 Å². The second kappa shape index (κ2) is 11.5. The van der Waals surface area contributed by atoms with Crippen LogP contribution in [0.3, 0.4) is 0 Å².